The zero-order chi connectivity index (χ0) is 15.9. The first-order valence-electron chi connectivity index (χ1n) is 7.65. The largest absolute Gasteiger partial charge is 0.294 e. The topological polar surface area (TPSA) is 61.4 Å². The Morgan fingerprint density at radius 1 is 1.27 bits per heavy atom. The second kappa shape index (κ2) is 8.15. The second-order valence-electron chi connectivity index (χ2n) is 5.66. The Bertz CT molecular complexity index is 519. The normalized spacial score (nSPS) is 18.7. The Labute approximate surface area is 136 Å². The van der Waals surface area contributed by atoms with Gasteiger partial charge in [0.05, 0.1) is 6.54 Å². The number of nitrogens with one attached hydrogen (secondary N) is 2. The molecule has 6 heteroatoms. The predicted molar refractivity (Wildman–Crippen MR) is 86.5 cm³/mol. The molecule has 0 aromatic heterocycles. The van der Waals surface area contributed by atoms with Crippen molar-refractivity contribution in [2.75, 3.05) is 19.6 Å². The van der Waals surface area contributed by atoms with Crippen molar-refractivity contribution in [3.05, 3.63) is 34.9 Å². The van der Waals surface area contributed by atoms with E-state index in [1.54, 1.807) is 24.3 Å². The van der Waals surface area contributed by atoms with Gasteiger partial charge in [-0.15, -0.1) is 0 Å². The zero-order valence-corrected chi connectivity index (χ0v) is 13.5. The second-order valence-corrected chi connectivity index (χ2v) is 6.10. The van der Waals surface area contributed by atoms with Crippen LogP contribution in [-0.2, 0) is 4.79 Å². The first-order valence-corrected chi connectivity index (χ1v) is 8.03. The Hall–Kier alpha value is -1.59. The van der Waals surface area contributed by atoms with Crippen molar-refractivity contribution in [3.63, 3.8) is 0 Å². The highest BCUT2D eigenvalue weighted by atomic mass is 35.5. The predicted octanol–water partition coefficient (Wildman–Crippen LogP) is 2.22. The molecule has 1 saturated heterocycles. The summed E-state index contributed by atoms with van der Waals surface area (Å²) >= 11 is 5.77. The van der Waals surface area contributed by atoms with Gasteiger partial charge in [-0.05, 0) is 49.6 Å². The van der Waals surface area contributed by atoms with Crippen LogP contribution in [-0.4, -0.2) is 36.3 Å². The van der Waals surface area contributed by atoms with Gasteiger partial charge in [-0.3, -0.25) is 25.3 Å². The average Bonchev–Trinajstić information content (AvgIpc) is 2.53. The first-order chi connectivity index (χ1) is 10.6. The number of halogens is 1. The summed E-state index contributed by atoms with van der Waals surface area (Å²) in [5.41, 5.74) is 5.34. The van der Waals surface area contributed by atoms with Gasteiger partial charge in [-0.2, -0.15) is 0 Å². The SMILES string of the molecule is CCC1CCCN(CC(=O)NNC(=O)c2ccc(Cl)cc2)C1. The average molecular weight is 324 g/mol. The van der Waals surface area contributed by atoms with E-state index in [1.165, 1.54) is 6.42 Å². The van der Waals surface area contributed by atoms with Gasteiger partial charge in [0.15, 0.2) is 0 Å². The molecule has 1 fully saturated rings. The zero-order valence-electron chi connectivity index (χ0n) is 12.8. The fourth-order valence-corrected chi connectivity index (χ4v) is 2.80. The molecule has 0 bridgehead atoms. The maximum atomic E-state index is 11.9. The highest BCUT2D eigenvalue weighted by molar-refractivity contribution is 6.30. The number of nitrogens with zero attached hydrogens (tertiary/aromatic N) is 1. The molecule has 0 aliphatic carbocycles. The van der Waals surface area contributed by atoms with Gasteiger partial charge in [0.2, 0.25) is 0 Å². The van der Waals surface area contributed by atoms with E-state index in [0.29, 0.717) is 23.0 Å². The molecule has 2 rings (SSSR count). The summed E-state index contributed by atoms with van der Waals surface area (Å²) in [6.45, 7) is 4.39. The highest BCUT2D eigenvalue weighted by Crippen LogP contribution is 2.18. The van der Waals surface area contributed by atoms with Crippen molar-refractivity contribution in [2.45, 2.75) is 26.2 Å². The Kier molecular flexibility index (Phi) is 6.21. The van der Waals surface area contributed by atoms with Gasteiger partial charge in [0.25, 0.3) is 11.8 Å². The quantitative estimate of drug-likeness (QED) is 0.835. The van der Waals surface area contributed by atoms with E-state index in [-0.39, 0.29) is 11.8 Å². The smallest absolute Gasteiger partial charge is 0.269 e. The fraction of sp³-hybridized carbons (Fsp3) is 0.500. The number of rotatable bonds is 4. The summed E-state index contributed by atoms with van der Waals surface area (Å²) in [6, 6.07) is 6.49. The van der Waals surface area contributed by atoms with Crippen LogP contribution in [0.3, 0.4) is 0 Å². The summed E-state index contributed by atoms with van der Waals surface area (Å²) in [6.07, 6.45) is 3.51. The summed E-state index contributed by atoms with van der Waals surface area (Å²) in [4.78, 5) is 25.9. The molecule has 1 aromatic rings. The van der Waals surface area contributed by atoms with Crippen molar-refractivity contribution >= 4 is 23.4 Å². The number of carbonyl (C=O) groups is 2. The van der Waals surface area contributed by atoms with E-state index in [4.69, 9.17) is 11.6 Å². The molecular formula is C16H22ClN3O2. The highest BCUT2D eigenvalue weighted by Gasteiger charge is 2.20. The van der Waals surface area contributed by atoms with Crippen LogP contribution in [0.5, 0.6) is 0 Å². The monoisotopic (exact) mass is 323 g/mol. The molecule has 1 unspecified atom stereocenters. The molecule has 0 radical (unpaired) electrons. The number of hydrogen-bond donors (Lipinski definition) is 2. The van der Waals surface area contributed by atoms with E-state index >= 15 is 0 Å². The summed E-state index contributed by atoms with van der Waals surface area (Å²) < 4.78 is 0. The molecule has 0 spiro atoms. The molecule has 5 nitrogen and oxygen atoms in total. The lowest BCUT2D eigenvalue weighted by molar-refractivity contribution is -0.123. The van der Waals surface area contributed by atoms with Crippen LogP contribution in [0.4, 0.5) is 0 Å². The summed E-state index contributed by atoms with van der Waals surface area (Å²) in [5.74, 6) is 0.124. The lowest BCUT2D eigenvalue weighted by Gasteiger charge is -2.31. The minimum atomic E-state index is -0.352. The minimum Gasteiger partial charge on any atom is -0.294 e. The van der Waals surface area contributed by atoms with Gasteiger partial charge >= 0.3 is 0 Å². The van der Waals surface area contributed by atoms with Gasteiger partial charge < -0.3 is 0 Å². The molecule has 1 atom stereocenters. The minimum absolute atomic E-state index is 0.195. The van der Waals surface area contributed by atoms with Gasteiger partial charge in [-0.1, -0.05) is 24.9 Å². The van der Waals surface area contributed by atoms with Crippen molar-refractivity contribution in [2.24, 2.45) is 5.92 Å². The van der Waals surface area contributed by atoms with E-state index in [1.807, 2.05) is 0 Å². The Morgan fingerprint density at radius 3 is 2.68 bits per heavy atom. The van der Waals surface area contributed by atoms with E-state index in [2.05, 4.69) is 22.7 Å². The number of benzene rings is 1. The maximum absolute atomic E-state index is 11.9. The van der Waals surface area contributed by atoms with Gasteiger partial charge in [-0.25, -0.2) is 0 Å². The number of piperidine rings is 1. The van der Waals surface area contributed by atoms with Crippen LogP contribution in [0, 0.1) is 5.92 Å². The number of carbonyl (C=O) groups excluding carboxylic acids is 2. The van der Waals surface area contributed by atoms with E-state index < -0.39 is 0 Å². The van der Waals surface area contributed by atoms with Crippen LogP contribution in [0.25, 0.3) is 0 Å². The lowest BCUT2D eigenvalue weighted by Crippen LogP contribution is -2.48. The third kappa shape index (κ3) is 5.00. The third-order valence-electron chi connectivity index (χ3n) is 3.97. The van der Waals surface area contributed by atoms with Crippen LogP contribution in [0.2, 0.25) is 5.02 Å². The Balaban J connectivity index is 1.75. The molecule has 1 aliphatic heterocycles. The Morgan fingerprint density at radius 2 is 2.00 bits per heavy atom. The molecule has 22 heavy (non-hydrogen) atoms. The third-order valence-corrected chi connectivity index (χ3v) is 4.22. The van der Waals surface area contributed by atoms with Crippen LogP contribution < -0.4 is 10.9 Å². The molecule has 0 saturated carbocycles. The van der Waals surface area contributed by atoms with Crippen molar-refractivity contribution in [1.29, 1.82) is 0 Å². The molecular weight excluding hydrogens is 302 g/mol. The summed E-state index contributed by atoms with van der Waals surface area (Å²) in [5, 5.41) is 0.566. The summed E-state index contributed by atoms with van der Waals surface area (Å²) in [7, 11) is 0. The maximum Gasteiger partial charge on any atom is 0.269 e. The number of likely N-dealkylation sites (tertiary alicyclic amines) is 1. The van der Waals surface area contributed by atoms with Crippen LogP contribution in [0.15, 0.2) is 24.3 Å². The standard InChI is InChI=1S/C16H22ClN3O2/c1-2-12-4-3-9-20(10-12)11-15(21)18-19-16(22)13-5-7-14(17)8-6-13/h5-8,12H,2-4,9-11H2,1H3,(H,18,21)(H,19,22). The molecule has 1 aliphatic rings. The molecule has 120 valence electrons. The van der Waals surface area contributed by atoms with Crippen LogP contribution >= 0.6 is 11.6 Å². The van der Waals surface area contributed by atoms with Gasteiger partial charge in [0, 0.05) is 17.1 Å². The van der Waals surface area contributed by atoms with Crippen molar-refractivity contribution < 1.29 is 9.59 Å². The lowest BCUT2D eigenvalue weighted by atomic mass is 9.96. The number of hydrogen-bond acceptors (Lipinski definition) is 3. The molecule has 2 N–H and O–H groups in total. The number of hydrazine groups is 1. The van der Waals surface area contributed by atoms with E-state index in [9.17, 15) is 9.59 Å². The number of amides is 2. The fourth-order valence-electron chi connectivity index (χ4n) is 2.67. The van der Waals surface area contributed by atoms with Crippen molar-refractivity contribution in [3.8, 4) is 0 Å². The molecule has 2 amide bonds. The molecule has 1 heterocycles. The van der Waals surface area contributed by atoms with Crippen LogP contribution in [0.1, 0.15) is 36.5 Å². The van der Waals surface area contributed by atoms with E-state index in [0.717, 1.165) is 25.9 Å². The molecule has 1 aromatic carbocycles. The van der Waals surface area contributed by atoms with Crippen molar-refractivity contribution in [1.82, 2.24) is 15.8 Å². The first kappa shape index (κ1) is 16.8. The van der Waals surface area contributed by atoms with Gasteiger partial charge in [0.1, 0.15) is 0 Å².